The van der Waals surface area contributed by atoms with E-state index in [1.807, 2.05) is 20.0 Å². The first-order chi connectivity index (χ1) is 9.29. The van der Waals surface area contributed by atoms with Crippen LogP contribution >= 0.6 is 0 Å². The quantitative estimate of drug-likeness (QED) is 0.803. The van der Waals surface area contributed by atoms with Crippen LogP contribution in [0, 0.1) is 6.92 Å². The fourth-order valence-corrected chi connectivity index (χ4v) is 1.87. The fraction of sp³-hybridized carbons (Fsp3) is 0.400. The van der Waals surface area contributed by atoms with Gasteiger partial charge in [0, 0.05) is 31.0 Å². The zero-order valence-electron chi connectivity index (χ0n) is 11.6. The first kappa shape index (κ1) is 13.8. The Hall–Kier alpha value is -1.65. The third kappa shape index (κ3) is 4.19. The molecule has 0 saturated heterocycles. The van der Waals surface area contributed by atoms with Crippen molar-refractivity contribution in [2.75, 3.05) is 6.61 Å². The minimum atomic E-state index is 0.693. The van der Waals surface area contributed by atoms with Gasteiger partial charge in [-0.1, -0.05) is 24.3 Å². The van der Waals surface area contributed by atoms with Crippen molar-refractivity contribution in [3.8, 4) is 0 Å². The summed E-state index contributed by atoms with van der Waals surface area (Å²) in [6.07, 6.45) is 1.87. The van der Waals surface area contributed by atoms with Gasteiger partial charge in [0.05, 0.1) is 12.8 Å². The second-order valence-corrected chi connectivity index (χ2v) is 4.58. The van der Waals surface area contributed by atoms with E-state index < -0.39 is 0 Å². The molecule has 0 aliphatic heterocycles. The van der Waals surface area contributed by atoms with E-state index in [1.165, 1.54) is 16.7 Å². The van der Waals surface area contributed by atoms with E-state index in [2.05, 4.69) is 39.8 Å². The average Bonchev–Trinajstić information content (AvgIpc) is 2.84. The molecule has 1 aromatic heterocycles. The molecule has 0 fully saturated rings. The van der Waals surface area contributed by atoms with Crippen LogP contribution in [-0.2, 0) is 24.4 Å². The van der Waals surface area contributed by atoms with E-state index >= 15 is 0 Å². The van der Waals surface area contributed by atoms with Crippen LogP contribution in [0.5, 0.6) is 0 Å². The number of aryl methyl sites for hydroxylation is 1. The predicted molar refractivity (Wildman–Crippen MR) is 75.6 cm³/mol. The summed E-state index contributed by atoms with van der Waals surface area (Å²) in [6, 6.07) is 8.53. The highest BCUT2D eigenvalue weighted by atomic mass is 16.5. The molecule has 1 aromatic carbocycles. The molecule has 0 bridgehead atoms. The lowest BCUT2D eigenvalue weighted by atomic mass is 10.1. The molecule has 0 saturated carbocycles. The number of nitrogens with zero attached hydrogens (tertiary/aromatic N) is 1. The van der Waals surface area contributed by atoms with Gasteiger partial charge in [-0.15, -0.1) is 0 Å². The highest BCUT2D eigenvalue weighted by Crippen LogP contribution is 2.07. The molecule has 0 amide bonds. The summed E-state index contributed by atoms with van der Waals surface area (Å²) in [6.45, 7) is 7.19. The van der Waals surface area contributed by atoms with Gasteiger partial charge in [-0.2, -0.15) is 5.10 Å². The van der Waals surface area contributed by atoms with Crippen molar-refractivity contribution in [3.63, 3.8) is 0 Å². The van der Waals surface area contributed by atoms with E-state index in [1.54, 1.807) is 0 Å². The average molecular weight is 259 g/mol. The van der Waals surface area contributed by atoms with Gasteiger partial charge in [0.1, 0.15) is 0 Å². The van der Waals surface area contributed by atoms with Crippen LogP contribution in [0.3, 0.4) is 0 Å². The van der Waals surface area contributed by atoms with Crippen molar-refractivity contribution in [2.45, 2.75) is 33.5 Å². The lowest BCUT2D eigenvalue weighted by molar-refractivity contribution is 0.134. The molecule has 19 heavy (non-hydrogen) atoms. The number of aromatic nitrogens is 2. The molecule has 2 rings (SSSR count). The molecule has 2 aromatic rings. The molecule has 0 spiro atoms. The summed E-state index contributed by atoms with van der Waals surface area (Å²) in [7, 11) is 0. The molecule has 4 nitrogen and oxygen atoms in total. The maximum absolute atomic E-state index is 5.38. The predicted octanol–water partition coefficient (Wildman–Crippen LogP) is 2.54. The summed E-state index contributed by atoms with van der Waals surface area (Å²) < 4.78 is 5.38. The number of ether oxygens (including phenoxy) is 1. The summed E-state index contributed by atoms with van der Waals surface area (Å²) in [4.78, 5) is 0. The number of hydrogen-bond donors (Lipinski definition) is 2. The largest absolute Gasteiger partial charge is 0.377 e. The number of aromatic amines is 1. The third-order valence-corrected chi connectivity index (χ3v) is 3.07. The van der Waals surface area contributed by atoms with Crippen molar-refractivity contribution in [2.24, 2.45) is 0 Å². The zero-order chi connectivity index (χ0) is 13.5. The molecular weight excluding hydrogens is 238 g/mol. The Kier molecular flexibility index (Phi) is 5.12. The van der Waals surface area contributed by atoms with Crippen LogP contribution in [-0.4, -0.2) is 16.8 Å². The molecule has 0 aliphatic carbocycles. The number of hydrogen-bond acceptors (Lipinski definition) is 3. The number of rotatable bonds is 7. The molecule has 1 heterocycles. The van der Waals surface area contributed by atoms with E-state index in [0.29, 0.717) is 6.61 Å². The standard InChI is InChI=1S/C15H21N3O/c1-3-19-11-14-6-4-13(5-7-14)8-16-9-15-10-17-18-12(15)2/h4-7,10,16H,3,8-9,11H2,1-2H3,(H,17,18). The Labute approximate surface area is 114 Å². The van der Waals surface area contributed by atoms with Gasteiger partial charge in [-0.05, 0) is 25.0 Å². The second kappa shape index (κ2) is 7.07. The van der Waals surface area contributed by atoms with Crippen LogP contribution in [0.25, 0.3) is 0 Å². The van der Waals surface area contributed by atoms with Gasteiger partial charge in [0.15, 0.2) is 0 Å². The summed E-state index contributed by atoms with van der Waals surface area (Å²) in [5.41, 5.74) is 4.84. The minimum Gasteiger partial charge on any atom is -0.377 e. The summed E-state index contributed by atoms with van der Waals surface area (Å²) in [5, 5.41) is 10.4. The van der Waals surface area contributed by atoms with Gasteiger partial charge < -0.3 is 10.1 Å². The van der Waals surface area contributed by atoms with E-state index in [0.717, 1.165) is 25.4 Å². The number of H-pyrrole nitrogens is 1. The maximum Gasteiger partial charge on any atom is 0.0716 e. The Morgan fingerprint density at radius 3 is 2.53 bits per heavy atom. The van der Waals surface area contributed by atoms with Gasteiger partial charge in [-0.3, -0.25) is 5.10 Å². The first-order valence-corrected chi connectivity index (χ1v) is 6.64. The molecule has 4 heteroatoms. The Morgan fingerprint density at radius 1 is 1.16 bits per heavy atom. The Balaban J connectivity index is 1.78. The van der Waals surface area contributed by atoms with Crippen molar-refractivity contribution < 1.29 is 4.74 Å². The monoisotopic (exact) mass is 259 g/mol. The van der Waals surface area contributed by atoms with Gasteiger partial charge in [0.25, 0.3) is 0 Å². The zero-order valence-corrected chi connectivity index (χ0v) is 11.6. The summed E-state index contributed by atoms with van der Waals surface area (Å²) in [5.74, 6) is 0. The molecule has 0 atom stereocenters. The third-order valence-electron chi connectivity index (χ3n) is 3.07. The summed E-state index contributed by atoms with van der Waals surface area (Å²) >= 11 is 0. The van der Waals surface area contributed by atoms with Crippen LogP contribution < -0.4 is 5.32 Å². The van der Waals surface area contributed by atoms with Gasteiger partial charge in [-0.25, -0.2) is 0 Å². The lowest BCUT2D eigenvalue weighted by Gasteiger charge is -2.06. The van der Waals surface area contributed by atoms with Crippen LogP contribution in [0.4, 0.5) is 0 Å². The molecule has 0 unspecified atom stereocenters. The lowest BCUT2D eigenvalue weighted by Crippen LogP contribution is -2.12. The SMILES string of the molecule is CCOCc1ccc(CNCc2cn[nH]c2C)cc1. The van der Waals surface area contributed by atoms with Crippen molar-refractivity contribution in [3.05, 3.63) is 52.8 Å². The number of benzene rings is 1. The van der Waals surface area contributed by atoms with E-state index in [9.17, 15) is 0 Å². The van der Waals surface area contributed by atoms with Crippen LogP contribution in [0.2, 0.25) is 0 Å². The first-order valence-electron chi connectivity index (χ1n) is 6.64. The van der Waals surface area contributed by atoms with Crippen molar-refractivity contribution >= 4 is 0 Å². The molecule has 0 aliphatic rings. The molecule has 2 N–H and O–H groups in total. The van der Waals surface area contributed by atoms with E-state index in [-0.39, 0.29) is 0 Å². The van der Waals surface area contributed by atoms with Gasteiger partial charge >= 0.3 is 0 Å². The van der Waals surface area contributed by atoms with Crippen LogP contribution in [0.1, 0.15) is 29.3 Å². The minimum absolute atomic E-state index is 0.693. The van der Waals surface area contributed by atoms with Crippen molar-refractivity contribution in [1.82, 2.24) is 15.5 Å². The van der Waals surface area contributed by atoms with Crippen LogP contribution in [0.15, 0.2) is 30.5 Å². The molecule has 0 radical (unpaired) electrons. The molecule has 102 valence electrons. The highest BCUT2D eigenvalue weighted by molar-refractivity contribution is 5.22. The Bertz CT molecular complexity index is 490. The van der Waals surface area contributed by atoms with Crippen molar-refractivity contribution in [1.29, 1.82) is 0 Å². The van der Waals surface area contributed by atoms with E-state index in [4.69, 9.17) is 4.74 Å². The molecular formula is C15H21N3O. The normalized spacial score (nSPS) is 10.8. The highest BCUT2D eigenvalue weighted by Gasteiger charge is 2.00. The Morgan fingerprint density at radius 2 is 1.89 bits per heavy atom. The van der Waals surface area contributed by atoms with Gasteiger partial charge in [0.2, 0.25) is 0 Å². The topological polar surface area (TPSA) is 49.9 Å². The number of nitrogens with one attached hydrogen (secondary N) is 2. The smallest absolute Gasteiger partial charge is 0.0716 e. The second-order valence-electron chi connectivity index (χ2n) is 4.58. The maximum atomic E-state index is 5.38. The fourth-order valence-electron chi connectivity index (χ4n) is 1.87.